The van der Waals surface area contributed by atoms with Gasteiger partial charge in [0.25, 0.3) is 0 Å². The Hall–Kier alpha value is -1.92. The van der Waals surface area contributed by atoms with E-state index < -0.39 is 0 Å². The Labute approximate surface area is 192 Å². The Morgan fingerprint density at radius 2 is 1.81 bits per heavy atom. The van der Waals surface area contributed by atoms with E-state index in [0.29, 0.717) is 29.5 Å². The molecule has 32 heavy (non-hydrogen) atoms. The van der Waals surface area contributed by atoms with Crippen LogP contribution in [0.1, 0.15) is 79.6 Å². The number of hydrogen-bond acceptors (Lipinski definition) is 4. The zero-order chi connectivity index (χ0) is 22.5. The summed E-state index contributed by atoms with van der Waals surface area (Å²) in [5.41, 5.74) is 7.34. The molecule has 3 aliphatic rings. The lowest BCUT2D eigenvalue weighted by atomic mass is 9.84. The van der Waals surface area contributed by atoms with Gasteiger partial charge in [0.2, 0.25) is 11.8 Å². The standard InChI is InChI=1S/C26H39N3O3/c1-32-18-25(30)28(17-19-6-3-2-4-7-19)12-13-29-23-10-11-24(29)16-22(15-23)20-8-5-9-21(14-20)26(27)31/h5,8-9,14,19,22-24H,2-4,6-7,10-13,15-18H2,1H3,(H2,27,31)/t22-,23+,24-. The first-order chi connectivity index (χ1) is 15.5. The van der Waals surface area contributed by atoms with E-state index in [-0.39, 0.29) is 18.4 Å². The quantitative estimate of drug-likeness (QED) is 0.636. The maximum atomic E-state index is 12.7. The van der Waals surface area contributed by atoms with E-state index in [2.05, 4.69) is 15.9 Å². The molecule has 2 heterocycles. The third-order valence-corrected chi connectivity index (χ3v) is 7.98. The summed E-state index contributed by atoms with van der Waals surface area (Å²) in [6.45, 7) is 2.81. The highest BCUT2D eigenvalue weighted by Gasteiger charge is 2.41. The topological polar surface area (TPSA) is 75.9 Å². The summed E-state index contributed by atoms with van der Waals surface area (Å²) in [5, 5.41) is 0. The summed E-state index contributed by atoms with van der Waals surface area (Å²) >= 11 is 0. The number of piperidine rings is 1. The van der Waals surface area contributed by atoms with Crippen molar-refractivity contribution in [2.75, 3.05) is 33.4 Å². The molecular weight excluding hydrogens is 402 g/mol. The van der Waals surface area contributed by atoms with Crippen LogP contribution >= 0.6 is 0 Å². The summed E-state index contributed by atoms with van der Waals surface area (Å²) in [4.78, 5) is 29.1. The van der Waals surface area contributed by atoms with Crippen LogP contribution in [0.4, 0.5) is 0 Å². The average molecular weight is 442 g/mol. The molecule has 0 aromatic heterocycles. The van der Waals surface area contributed by atoms with Gasteiger partial charge in [0.15, 0.2) is 0 Å². The molecular formula is C26H39N3O3. The maximum Gasteiger partial charge on any atom is 0.248 e. The van der Waals surface area contributed by atoms with Crippen molar-refractivity contribution < 1.29 is 14.3 Å². The lowest BCUT2D eigenvalue weighted by molar-refractivity contribution is -0.136. The van der Waals surface area contributed by atoms with E-state index in [1.54, 1.807) is 13.2 Å². The van der Waals surface area contributed by atoms with E-state index in [4.69, 9.17) is 10.5 Å². The van der Waals surface area contributed by atoms with Crippen LogP contribution in [-0.4, -0.2) is 67.0 Å². The number of carbonyl (C=O) groups is 2. The predicted molar refractivity (Wildman–Crippen MR) is 125 cm³/mol. The van der Waals surface area contributed by atoms with E-state index in [9.17, 15) is 9.59 Å². The Morgan fingerprint density at radius 3 is 2.47 bits per heavy atom. The third-order valence-electron chi connectivity index (χ3n) is 7.98. The van der Waals surface area contributed by atoms with Crippen molar-refractivity contribution in [3.05, 3.63) is 35.4 Å². The summed E-state index contributed by atoms with van der Waals surface area (Å²) < 4.78 is 5.17. The molecule has 6 heteroatoms. The lowest BCUT2D eigenvalue weighted by Crippen LogP contribution is -2.48. The molecule has 1 aliphatic carbocycles. The number of methoxy groups -OCH3 is 1. The van der Waals surface area contributed by atoms with Gasteiger partial charge in [0.1, 0.15) is 6.61 Å². The van der Waals surface area contributed by atoms with Crippen molar-refractivity contribution in [1.29, 1.82) is 0 Å². The highest BCUT2D eigenvalue weighted by atomic mass is 16.5. The van der Waals surface area contributed by atoms with Gasteiger partial charge in [0.05, 0.1) is 0 Å². The predicted octanol–water partition coefficient (Wildman–Crippen LogP) is 3.55. The molecule has 1 aromatic carbocycles. The van der Waals surface area contributed by atoms with Gasteiger partial charge in [0, 0.05) is 44.4 Å². The zero-order valence-electron chi connectivity index (χ0n) is 19.5. The van der Waals surface area contributed by atoms with Crippen molar-refractivity contribution in [3.8, 4) is 0 Å². The molecule has 6 nitrogen and oxygen atoms in total. The van der Waals surface area contributed by atoms with Gasteiger partial charge in [-0.05, 0) is 68.1 Å². The van der Waals surface area contributed by atoms with Gasteiger partial charge in [-0.15, -0.1) is 0 Å². The van der Waals surface area contributed by atoms with E-state index >= 15 is 0 Å². The van der Waals surface area contributed by atoms with Crippen LogP contribution in [0.3, 0.4) is 0 Å². The number of amides is 2. The Morgan fingerprint density at radius 1 is 1.09 bits per heavy atom. The minimum atomic E-state index is -0.356. The van der Waals surface area contributed by atoms with Crippen molar-refractivity contribution in [2.45, 2.75) is 75.8 Å². The van der Waals surface area contributed by atoms with Crippen molar-refractivity contribution in [3.63, 3.8) is 0 Å². The summed E-state index contributed by atoms with van der Waals surface area (Å²) in [6, 6.07) is 9.00. The van der Waals surface area contributed by atoms with Crippen LogP contribution in [0, 0.1) is 5.92 Å². The average Bonchev–Trinajstić information content (AvgIpc) is 3.04. The fraction of sp³-hybridized carbons (Fsp3) is 0.692. The van der Waals surface area contributed by atoms with Gasteiger partial charge in [-0.3, -0.25) is 14.5 Å². The maximum absolute atomic E-state index is 12.7. The normalized spacial score (nSPS) is 26.2. The van der Waals surface area contributed by atoms with E-state index in [0.717, 1.165) is 32.5 Å². The molecule has 2 amide bonds. The van der Waals surface area contributed by atoms with Gasteiger partial charge in [-0.2, -0.15) is 0 Å². The van der Waals surface area contributed by atoms with Crippen LogP contribution in [0.25, 0.3) is 0 Å². The van der Waals surface area contributed by atoms with Gasteiger partial charge in [-0.25, -0.2) is 0 Å². The van der Waals surface area contributed by atoms with Gasteiger partial charge < -0.3 is 15.4 Å². The molecule has 2 aliphatic heterocycles. The summed E-state index contributed by atoms with van der Waals surface area (Å²) in [5.74, 6) is 0.899. The smallest absolute Gasteiger partial charge is 0.248 e. The fourth-order valence-corrected chi connectivity index (χ4v) is 6.31. The molecule has 3 fully saturated rings. The second-order valence-electron chi connectivity index (χ2n) is 10.1. The van der Waals surface area contributed by atoms with E-state index in [1.165, 1.54) is 50.5 Å². The van der Waals surface area contributed by atoms with Crippen LogP contribution in [0.2, 0.25) is 0 Å². The fourth-order valence-electron chi connectivity index (χ4n) is 6.31. The molecule has 176 valence electrons. The van der Waals surface area contributed by atoms with Gasteiger partial charge in [-0.1, -0.05) is 31.4 Å². The number of nitrogens with zero attached hydrogens (tertiary/aromatic N) is 2. The number of ether oxygens (including phenoxy) is 1. The van der Waals surface area contributed by atoms with E-state index in [1.807, 2.05) is 12.1 Å². The molecule has 4 rings (SSSR count). The second-order valence-corrected chi connectivity index (χ2v) is 10.1. The molecule has 2 bridgehead atoms. The highest BCUT2D eigenvalue weighted by Crippen LogP contribution is 2.43. The number of hydrogen-bond donors (Lipinski definition) is 1. The zero-order valence-corrected chi connectivity index (χ0v) is 19.5. The number of nitrogens with two attached hydrogens (primary N) is 1. The minimum absolute atomic E-state index is 0.128. The second kappa shape index (κ2) is 10.8. The first kappa shape index (κ1) is 23.2. The minimum Gasteiger partial charge on any atom is -0.375 e. The number of benzene rings is 1. The molecule has 0 unspecified atom stereocenters. The Kier molecular flexibility index (Phi) is 7.84. The Bertz CT molecular complexity index is 778. The SMILES string of the molecule is COCC(=O)N(CCN1[C@@H]2CC[C@H]1C[C@@H](c1cccc(C(N)=O)c1)C2)CC1CCCCC1. The summed E-state index contributed by atoms with van der Waals surface area (Å²) in [7, 11) is 1.61. The molecule has 1 aromatic rings. The highest BCUT2D eigenvalue weighted by molar-refractivity contribution is 5.92. The van der Waals surface area contributed by atoms with Crippen LogP contribution < -0.4 is 5.73 Å². The number of fused-ring (bicyclic) bond motifs is 2. The number of carbonyl (C=O) groups excluding carboxylic acids is 2. The number of primary amides is 1. The molecule has 2 saturated heterocycles. The first-order valence-electron chi connectivity index (χ1n) is 12.5. The third kappa shape index (κ3) is 5.52. The molecule has 2 N–H and O–H groups in total. The molecule has 0 spiro atoms. The first-order valence-corrected chi connectivity index (χ1v) is 12.5. The molecule has 1 saturated carbocycles. The summed E-state index contributed by atoms with van der Waals surface area (Å²) in [6.07, 6.45) is 11.1. The Balaban J connectivity index is 1.36. The van der Waals surface area contributed by atoms with Crippen LogP contribution in [-0.2, 0) is 9.53 Å². The molecule has 3 atom stereocenters. The van der Waals surface area contributed by atoms with Crippen molar-refractivity contribution in [1.82, 2.24) is 9.80 Å². The lowest BCUT2D eigenvalue weighted by Gasteiger charge is -2.40. The van der Waals surface area contributed by atoms with Crippen molar-refractivity contribution in [2.24, 2.45) is 11.7 Å². The van der Waals surface area contributed by atoms with Crippen LogP contribution in [0.5, 0.6) is 0 Å². The number of rotatable bonds is 9. The van der Waals surface area contributed by atoms with Gasteiger partial charge >= 0.3 is 0 Å². The largest absolute Gasteiger partial charge is 0.375 e. The van der Waals surface area contributed by atoms with Crippen molar-refractivity contribution >= 4 is 11.8 Å². The monoisotopic (exact) mass is 441 g/mol. The van der Waals surface area contributed by atoms with Crippen LogP contribution in [0.15, 0.2) is 24.3 Å². The molecule has 0 radical (unpaired) electrons.